The van der Waals surface area contributed by atoms with Crippen molar-refractivity contribution in [2.75, 3.05) is 20.3 Å². The van der Waals surface area contributed by atoms with Gasteiger partial charge in [0.15, 0.2) is 11.7 Å². The smallest absolute Gasteiger partial charge is 0.344 e. The summed E-state index contributed by atoms with van der Waals surface area (Å²) in [4.78, 5) is 36.4. The van der Waals surface area contributed by atoms with Crippen molar-refractivity contribution in [3.05, 3.63) is 35.4 Å². The molecule has 1 fully saturated rings. The van der Waals surface area contributed by atoms with Crippen LogP contribution in [0.15, 0.2) is 29.8 Å². The number of benzene rings is 1. The van der Waals surface area contributed by atoms with Gasteiger partial charge < -0.3 is 9.47 Å². The van der Waals surface area contributed by atoms with Gasteiger partial charge in [-0.15, -0.1) is 0 Å². The van der Waals surface area contributed by atoms with E-state index in [4.69, 9.17) is 21.7 Å². The number of nitrogens with one attached hydrogen (secondary N) is 1. The maximum atomic E-state index is 12.1. The number of hydrogen-bond acceptors (Lipinski definition) is 6. The van der Waals surface area contributed by atoms with E-state index in [2.05, 4.69) is 5.32 Å². The molecule has 0 atom stereocenters. The van der Waals surface area contributed by atoms with Gasteiger partial charge in [-0.2, -0.15) is 0 Å². The molecule has 7 nitrogen and oxygen atoms in total. The lowest BCUT2D eigenvalue weighted by Gasteiger charge is -2.25. The lowest BCUT2D eigenvalue weighted by molar-refractivity contribution is -0.145. The number of carbonyl (C=O) groups is 3. The second-order valence-corrected chi connectivity index (χ2v) is 5.23. The molecule has 2 rings (SSSR count). The van der Waals surface area contributed by atoms with Crippen molar-refractivity contribution in [2.24, 2.45) is 0 Å². The van der Waals surface area contributed by atoms with Gasteiger partial charge in [-0.1, -0.05) is 12.1 Å². The molecular formula is C16H16N2O5S. The fraction of sp³-hybridized carbons (Fsp3) is 0.250. The topological polar surface area (TPSA) is 84.9 Å². The van der Waals surface area contributed by atoms with E-state index in [0.717, 1.165) is 0 Å². The summed E-state index contributed by atoms with van der Waals surface area (Å²) in [5, 5.41) is 2.51. The molecule has 1 aliphatic heterocycles. The monoisotopic (exact) mass is 348 g/mol. The lowest BCUT2D eigenvalue weighted by Crippen LogP contribution is -2.52. The van der Waals surface area contributed by atoms with E-state index in [1.807, 2.05) is 0 Å². The third-order valence-electron chi connectivity index (χ3n) is 3.16. The van der Waals surface area contributed by atoms with Gasteiger partial charge in [0.2, 0.25) is 0 Å². The third kappa shape index (κ3) is 4.17. The highest BCUT2D eigenvalue weighted by molar-refractivity contribution is 7.80. The van der Waals surface area contributed by atoms with Crippen LogP contribution in [0.1, 0.15) is 12.5 Å². The van der Waals surface area contributed by atoms with Gasteiger partial charge in [-0.05, 0) is 42.9 Å². The van der Waals surface area contributed by atoms with Crippen molar-refractivity contribution < 1.29 is 23.9 Å². The van der Waals surface area contributed by atoms with Crippen molar-refractivity contribution in [1.29, 1.82) is 0 Å². The summed E-state index contributed by atoms with van der Waals surface area (Å²) in [5.41, 5.74) is 0.629. The van der Waals surface area contributed by atoms with Gasteiger partial charge in [0.25, 0.3) is 11.8 Å². The van der Waals surface area contributed by atoms with Crippen LogP contribution in [0, 0.1) is 0 Å². The molecule has 2 amide bonds. The molecule has 1 aromatic carbocycles. The van der Waals surface area contributed by atoms with E-state index in [1.54, 1.807) is 31.2 Å². The Morgan fingerprint density at radius 1 is 1.29 bits per heavy atom. The van der Waals surface area contributed by atoms with Gasteiger partial charge in [0.05, 0.1) is 6.61 Å². The molecule has 1 aliphatic rings. The molecule has 24 heavy (non-hydrogen) atoms. The molecule has 0 aliphatic carbocycles. The Morgan fingerprint density at radius 3 is 2.58 bits per heavy atom. The molecule has 0 saturated carbocycles. The highest BCUT2D eigenvalue weighted by Gasteiger charge is 2.30. The van der Waals surface area contributed by atoms with E-state index in [-0.39, 0.29) is 17.3 Å². The number of hydrogen-bond donors (Lipinski definition) is 1. The van der Waals surface area contributed by atoms with Gasteiger partial charge in [0, 0.05) is 7.05 Å². The van der Waals surface area contributed by atoms with Gasteiger partial charge in [-0.3, -0.25) is 19.8 Å². The van der Waals surface area contributed by atoms with Crippen LogP contribution in [0.2, 0.25) is 0 Å². The molecule has 1 N–H and O–H groups in total. The van der Waals surface area contributed by atoms with Crippen LogP contribution >= 0.6 is 12.2 Å². The van der Waals surface area contributed by atoms with Gasteiger partial charge in [-0.25, -0.2) is 4.79 Å². The number of nitrogens with zero attached hydrogens (tertiary/aromatic N) is 1. The summed E-state index contributed by atoms with van der Waals surface area (Å²) >= 11 is 4.88. The molecule has 126 valence electrons. The fourth-order valence-electron chi connectivity index (χ4n) is 1.92. The number of carbonyl (C=O) groups excluding carboxylic acids is 3. The Hall–Kier alpha value is -2.74. The van der Waals surface area contributed by atoms with E-state index < -0.39 is 17.8 Å². The summed E-state index contributed by atoms with van der Waals surface area (Å²) in [6.45, 7) is 1.83. The average molecular weight is 348 g/mol. The number of likely N-dealkylation sites (N-methyl/N-ethyl adjacent to an activating group) is 1. The van der Waals surface area contributed by atoms with Crippen molar-refractivity contribution in [2.45, 2.75) is 6.92 Å². The Bertz CT molecular complexity index is 712. The first-order valence-electron chi connectivity index (χ1n) is 7.16. The summed E-state index contributed by atoms with van der Waals surface area (Å²) < 4.78 is 10.0. The zero-order valence-corrected chi connectivity index (χ0v) is 14.0. The van der Waals surface area contributed by atoms with Gasteiger partial charge >= 0.3 is 5.97 Å². The Labute approximate surface area is 144 Å². The Balaban J connectivity index is 2.08. The SMILES string of the molecule is CCOC(=O)COc1ccc(/C=C2\C(=O)NC(=S)N(C)C2=O)cc1. The highest BCUT2D eigenvalue weighted by Crippen LogP contribution is 2.17. The molecule has 8 heteroatoms. The Morgan fingerprint density at radius 2 is 1.96 bits per heavy atom. The van der Waals surface area contributed by atoms with Crippen molar-refractivity contribution >= 4 is 41.2 Å². The number of ether oxygens (including phenoxy) is 2. The normalized spacial score (nSPS) is 16.2. The lowest BCUT2D eigenvalue weighted by atomic mass is 10.1. The molecule has 0 bridgehead atoms. The molecule has 0 radical (unpaired) electrons. The maximum absolute atomic E-state index is 12.1. The standard InChI is InChI=1S/C16H16N2O5S/c1-3-22-13(19)9-23-11-6-4-10(5-7-11)8-12-14(20)17-16(24)18(2)15(12)21/h4-8H,3,9H2,1-2H3,(H,17,20,24)/b12-8+. The zero-order valence-electron chi connectivity index (χ0n) is 13.2. The average Bonchev–Trinajstić information content (AvgIpc) is 2.56. The number of esters is 1. The number of thiocarbonyl (C=S) groups is 1. The van der Waals surface area contributed by atoms with E-state index in [0.29, 0.717) is 17.9 Å². The molecule has 0 aromatic heterocycles. The van der Waals surface area contributed by atoms with E-state index in [9.17, 15) is 14.4 Å². The summed E-state index contributed by atoms with van der Waals surface area (Å²) in [6, 6.07) is 6.60. The van der Waals surface area contributed by atoms with Crippen LogP contribution in [-0.2, 0) is 19.1 Å². The van der Waals surface area contributed by atoms with Crippen LogP contribution in [0.25, 0.3) is 6.08 Å². The second-order valence-electron chi connectivity index (χ2n) is 4.84. The molecule has 0 unspecified atom stereocenters. The summed E-state index contributed by atoms with van der Waals surface area (Å²) in [6.07, 6.45) is 1.46. The molecule has 1 heterocycles. The minimum Gasteiger partial charge on any atom is -0.482 e. The fourth-order valence-corrected chi connectivity index (χ4v) is 2.09. The summed E-state index contributed by atoms with van der Waals surface area (Å²) in [7, 11) is 1.49. The highest BCUT2D eigenvalue weighted by atomic mass is 32.1. The number of amides is 2. The van der Waals surface area contributed by atoms with Gasteiger partial charge in [0.1, 0.15) is 11.3 Å². The third-order valence-corrected chi connectivity index (χ3v) is 3.53. The quantitative estimate of drug-likeness (QED) is 0.368. The molecular weight excluding hydrogens is 332 g/mol. The van der Waals surface area contributed by atoms with E-state index >= 15 is 0 Å². The summed E-state index contributed by atoms with van der Waals surface area (Å²) in [5.74, 6) is -0.979. The first-order chi connectivity index (χ1) is 11.4. The first kappa shape index (κ1) is 17.6. The molecule has 1 aromatic rings. The predicted molar refractivity (Wildman–Crippen MR) is 90.1 cm³/mol. The number of rotatable bonds is 5. The Kier molecular flexibility index (Phi) is 5.64. The second kappa shape index (κ2) is 7.69. The van der Waals surface area contributed by atoms with Crippen molar-refractivity contribution in [3.63, 3.8) is 0 Å². The van der Waals surface area contributed by atoms with E-state index in [1.165, 1.54) is 18.0 Å². The van der Waals surface area contributed by atoms with Crippen LogP contribution in [0.4, 0.5) is 0 Å². The maximum Gasteiger partial charge on any atom is 0.344 e. The predicted octanol–water partition coefficient (Wildman–Crippen LogP) is 0.885. The van der Waals surface area contributed by atoms with Crippen LogP contribution in [0.3, 0.4) is 0 Å². The van der Waals surface area contributed by atoms with Crippen LogP contribution in [0.5, 0.6) is 5.75 Å². The molecule has 0 spiro atoms. The van der Waals surface area contributed by atoms with Crippen LogP contribution < -0.4 is 10.1 Å². The molecule has 1 saturated heterocycles. The van der Waals surface area contributed by atoms with Crippen molar-refractivity contribution in [3.8, 4) is 5.75 Å². The minimum atomic E-state index is -0.536. The largest absolute Gasteiger partial charge is 0.482 e. The first-order valence-corrected chi connectivity index (χ1v) is 7.56. The van der Waals surface area contributed by atoms with Crippen LogP contribution in [-0.4, -0.2) is 48.1 Å². The van der Waals surface area contributed by atoms with Crippen molar-refractivity contribution in [1.82, 2.24) is 10.2 Å². The minimum absolute atomic E-state index is 0.00806. The zero-order chi connectivity index (χ0) is 17.7.